The van der Waals surface area contributed by atoms with Crippen molar-refractivity contribution in [1.29, 1.82) is 0 Å². The molecule has 0 amide bonds. The van der Waals surface area contributed by atoms with Gasteiger partial charge in [-0.25, -0.2) is 0 Å². The number of hydrogen-bond acceptors (Lipinski definition) is 2. The van der Waals surface area contributed by atoms with Crippen LogP contribution in [0.3, 0.4) is 0 Å². The maximum Gasteiger partial charge on any atom is 0.159 e. The van der Waals surface area contributed by atoms with Crippen LogP contribution in [0.25, 0.3) is 21.7 Å². The van der Waals surface area contributed by atoms with Gasteiger partial charge < -0.3 is 4.98 Å². The molecular formula is C15H9Br2NS2. The maximum absolute atomic E-state index is 5.32. The van der Waals surface area contributed by atoms with E-state index in [0.717, 1.165) is 24.2 Å². The topological polar surface area (TPSA) is 15.8 Å². The fourth-order valence-corrected chi connectivity index (χ4v) is 3.70. The van der Waals surface area contributed by atoms with E-state index in [1.165, 1.54) is 10.4 Å². The Bertz CT molecular complexity index is 720. The smallest absolute Gasteiger partial charge is 0.159 e. The van der Waals surface area contributed by atoms with Crippen molar-refractivity contribution < 1.29 is 0 Å². The second-order valence-electron chi connectivity index (χ2n) is 4.23. The fourth-order valence-electron chi connectivity index (χ4n) is 1.95. The van der Waals surface area contributed by atoms with Crippen molar-refractivity contribution in [2.75, 3.05) is 0 Å². The largest absolute Gasteiger partial charge is 0.336 e. The summed E-state index contributed by atoms with van der Waals surface area (Å²) in [5, 5.41) is 0. The lowest BCUT2D eigenvalue weighted by Gasteiger charge is -2.04. The molecule has 1 nitrogen and oxygen atoms in total. The standard InChI is InChI=1S/C15H9Br2NS2/c16-11-5-1-9(2-6-11)13-14(20-15(19)18-13)10-3-7-12(17)8-4-10/h1-8H,(H,18,19). The molecule has 0 saturated heterocycles. The molecule has 0 spiro atoms. The molecule has 0 aliphatic carbocycles. The molecule has 0 radical (unpaired) electrons. The lowest BCUT2D eigenvalue weighted by molar-refractivity contribution is 1.38. The number of aromatic nitrogens is 1. The van der Waals surface area contributed by atoms with Crippen LogP contribution in [-0.2, 0) is 0 Å². The third-order valence-corrected chi connectivity index (χ3v) is 5.23. The van der Waals surface area contributed by atoms with Gasteiger partial charge in [0.25, 0.3) is 0 Å². The van der Waals surface area contributed by atoms with E-state index in [2.05, 4.69) is 61.1 Å². The van der Waals surface area contributed by atoms with E-state index >= 15 is 0 Å². The first-order valence-electron chi connectivity index (χ1n) is 5.88. The number of halogens is 2. The van der Waals surface area contributed by atoms with Crippen molar-refractivity contribution >= 4 is 55.4 Å². The molecule has 1 heterocycles. The van der Waals surface area contributed by atoms with Gasteiger partial charge >= 0.3 is 0 Å². The third kappa shape index (κ3) is 2.96. The summed E-state index contributed by atoms with van der Waals surface area (Å²) in [4.78, 5) is 4.47. The van der Waals surface area contributed by atoms with E-state index in [4.69, 9.17) is 12.2 Å². The van der Waals surface area contributed by atoms with Crippen molar-refractivity contribution in [3.63, 3.8) is 0 Å². The van der Waals surface area contributed by atoms with Crippen molar-refractivity contribution in [2.24, 2.45) is 0 Å². The lowest BCUT2D eigenvalue weighted by Crippen LogP contribution is -1.82. The zero-order valence-corrected chi connectivity index (χ0v) is 15.0. The quantitative estimate of drug-likeness (QED) is 0.452. The average Bonchev–Trinajstić information content (AvgIpc) is 2.82. The summed E-state index contributed by atoms with van der Waals surface area (Å²) in [6.45, 7) is 0. The van der Waals surface area contributed by atoms with E-state index in [0.29, 0.717) is 0 Å². The van der Waals surface area contributed by atoms with Gasteiger partial charge in [-0.1, -0.05) is 56.1 Å². The van der Waals surface area contributed by atoms with E-state index < -0.39 is 0 Å². The van der Waals surface area contributed by atoms with Crippen molar-refractivity contribution in [2.45, 2.75) is 0 Å². The molecule has 0 fully saturated rings. The van der Waals surface area contributed by atoms with Gasteiger partial charge in [0.2, 0.25) is 0 Å². The number of rotatable bonds is 2. The molecule has 0 atom stereocenters. The molecule has 100 valence electrons. The zero-order valence-electron chi connectivity index (χ0n) is 10.2. The van der Waals surface area contributed by atoms with Crippen LogP contribution in [0.15, 0.2) is 57.5 Å². The second-order valence-corrected chi connectivity index (χ2v) is 7.75. The van der Waals surface area contributed by atoms with E-state index in [-0.39, 0.29) is 0 Å². The van der Waals surface area contributed by atoms with Gasteiger partial charge in [-0.05, 0) is 47.6 Å². The summed E-state index contributed by atoms with van der Waals surface area (Å²) in [5.74, 6) is 0. The molecule has 3 rings (SSSR count). The summed E-state index contributed by atoms with van der Waals surface area (Å²) in [6.07, 6.45) is 0. The lowest BCUT2D eigenvalue weighted by atomic mass is 10.1. The van der Waals surface area contributed by atoms with Gasteiger partial charge in [-0.15, -0.1) is 11.3 Å². The number of H-pyrrole nitrogens is 1. The van der Waals surface area contributed by atoms with Crippen molar-refractivity contribution in [3.8, 4) is 21.7 Å². The first kappa shape index (κ1) is 14.2. The molecule has 0 aliphatic heterocycles. The van der Waals surface area contributed by atoms with Crippen LogP contribution in [-0.4, -0.2) is 4.98 Å². The molecule has 0 saturated carbocycles. The molecule has 1 aromatic heterocycles. The molecule has 0 aliphatic rings. The van der Waals surface area contributed by atoms with Gasteiger partial charge in [0.1, 0.15) is 0 Å². The minimum atomic E-state index is 0.792. The molecule has 0 unspecified atom stereocenters. The number of benzene rings is 2. The molecular weight excluding hydrogens is 418 g/mol. The predicted octanol–water partition coefficient (Wildman–Crippen LogP) is 6.66. The molecule has 3 aromatic rings. The third-order valence-electron chi connectivity index (χ3n) is 2.89. The van der Waals surface area contributed by atoms with Gasteiger partial charge in [0.15, 0.2) is 3.95 Å². The molecule has 1 N–H and O–H groups in total. The first-order valence-corrected chi connectivity index (χ1v) is 8.69. The number of thiazole rings is 1. The number of nitrogens with one attached hydrogen (secondary N) is 1. The number of aromatic amines is 1. The Kier molecular flexibility index (Phi) is 4.21. The summed E-state index contributed by atoms with van der Waals surface area (Å²) < 4.78 is 2.94. The van der Waals surface area contributed by atoms with Crippen LogP contribution in [0.4, 0.5) is 0 Å². The van der Waals surface area contributed by atoms with E-state index in [1.54, 1.807) is 11.3 Å². The van der Waals surface area contributed by atoms with Gasteiger partial charge in [0, 0.05) is 8.95 Å². The second kappa shape index (κ2) is 5.93. The Morgan fingerprint density at radius 2 is 1.30 bits per heavy atom. The highest BCUT2D eigenvalue weighted by molar-refractivity contribution is 9.10. The average molecular weight is 427 g/mol. The summed E-state index contributed by atoms with van der Waals surface area (Å²) >= 11 is 13.8. The highest BCUT2D eigenvalue weighted by Gasteiger charge is 2.11. The highest BCUT2D eigenvalue weighted by atomic mass is 79.9. The van der Waals surface area contributed by atoms with E-state index in [9.17, 15) is 0 Å². The van der Waals surface area contributed by atoms with Crippen molar-refractivity contribution in [3.05, 3.63) is 61.4 Å². The minimum Gasteiger partial charge on any atom is -0.336 e. The van der Waals surface area contributed by atoms with Crippen LogP contribution >= 0.6 is 55.4 Å². The number of hydrogen-bond donors (Lipinski definition) is 1. The summed E-state index contributed by atoms with van der Waals surface area (Å²) in [5.41, 5.74) is 3.39. The normalized spacial score (nSPS) is 10.7. The Morgan fingerprint density at radius 1 is 0.800 bits per heavy atom. The zero-order chi connectivity index (χ0) is 14.1. The van der Waals surface area contributed by atoms with Crippen LogP contribution in [0.5, 0.6) is 0 Å². The summed E-state index contributed by atoms with van der Waals surface area (Å²) in [6, 6.07) is 16.5. The van der Waals surface area contributed by atoms with Crippen LogP contribution in [0.1, 0.15) is 0 Å². The van der Waals surface area contributed by atoms with Crippen molar-refractivity contribution in [1.82, 2.24) is 4.98 Å². The molecule has 2 aromatic carbocycles. The van der Waals surface area contributed by atoms with Gasteiger partial charge in [-0.2, -0.15) is 0 Å². The Hall–Kier alpha value is -0.750. The Labute approximate surface area is 142 Å². The van der Waals surface area contributed by atoms with Gasteiger partial charge in [-0.3, -0.25) is 0 Å². The summed E-state index contributed by atoms with van der Waals surface area (Å²) in [7, 11) is 0. The Morgan fingerprint density at radius 3 is 1.85 bits per heavy atom. The monoisotopic (exact) mass is 425 g/mol. The SMILES string of the molecule is S=c1[nH]c(-c2ccc(Br)cc2)c(-c2ccc(Br)cc2)s1. The maximum atomic E-state index is 5.32. The predicted molar refractivity (Wildman–Crippen MR) is 95.8 cm³/mol. The van der Waals surface area contributed by atoms with Crippen LogP contribution in [0.2, 0.25) is 0 Å². The first-order chi connectivity index (χ1) is 9.63. The Balaban J connectivity index is 2.15. The van der Waals surface area contributed by atoms with E-state index in [1.807, 2.05) is 24.3 Å². The fraction of sp³-hybridized carbons (Fsp3) is 0. The van der Waals surface area contributed by atoms with Crippen LogP contribution < -0.4 is 0 Å². The highest BCUT2D eigenvalue weighted by Crippen LogP contribution is 2.36. The van der Waals surface area contributed by atoms with Gasteiger partial charge in [0.05, 0.1) is 10.6 Å². The minimum absolute atomic E-state index is 0.792. The molecule has 20 heavy (non-hydrogen) atoms. The van der Waals surface area contributed by atoms with Crippen LogP contribution in [0, 0.1) is 3.95 Å². The molecule has 0 bridgehead atoms. The molecule has 5 heteroatoms.